The molecule has 0 radical (unpaired) electrons. The van der Waals surface area contributed by atoms with Crippen molar-refractivity contribution in [2.45, 2.75) is 52.3 Å². The lowest BCUT2D eigenvalue weighted by Gasteiger charge is -2.24. The van der Waals surface area contributed by atoms with Crippen LogP contribution in [-0.2, 0) is 9.53 Å². The van der Waals surface area contributed by atoms with Gasteiger partial charge in [0.15, 0.2) is 0 Å². The minimum absolute atomic E-state index is 0.257. The lowest BCUT2D eigenvalue weighted by atomic mass is 10.1. The monoisotopic (exact) mass is 473 g/mol. The van der Waals surface area contributed by atoms with Crippen molar-refractivity contribution in [3.8, 4) is 0 Å². The third-order valence-electron chi connectivity index (χ3n) is 4.51. The SMILES string of the molecule is CCCNC1N=C(Nc2ccc(C(N)=O)cc2)NC=C1C(=O)NCCCNC(=O)OC(C)(C)C. The van der Waals surface area contributed by atoms with Crippen molar-refractivity contribution in [1.29, 1.82) is 0 Å². The normalized spacial score (nSPS) is 15.4. The summed E-state index contributed by atoms with van der Waals surface area (Å²) in [6, 6.07) is 6.67. The van der Waals surface area contributed by atoms with Crippen LogP contribution in [0.2, 0.25) is 0 Å². The second kappa shape index (κ2) is 12.6. The highest BCUT2D eigenvalue weighted by molar-refractivity contribution is 6.01. The highest BCUT2D eigenvalue weighted by Gasteiger charge is 2.24. The van der Waals surface area contributed by atoms with E-state index >= 15 is 0 Å². The number of ether oxygens (including phenoxy) is 1. The molecule has 11 heteroatoms. The van der Waals surface area contributed by atoms with Crippen LogP contribution in [0.3, 0.4) is 0 Å². The Balaban J connectivity index is 1.88. The van der Waals surface area contributed by atoms with Crippen LogP contribution in [0.15, 0.2) is 41.0 Å². The maximum absolute atomic E-state index is 12.7. The van der Waals surface area contributed by atoms with Gasteiger partial charge in [0.1, 0.15) is 11.8 Å². The summed E-state index contributed by atoms with van der Waals surface area (Å²) in [7, 11) is 0. The van der Waals surface area contributed by atoms with Gasteiger partial charge in [0, 0.05) is 30.5 Å². The summed E-state index contributed by atoms with van der Waals surface area (Å²) in [5.74, 6) is -0.298. The molecule has 1 aliphatic rings. The summed E-state index contributed by atoms with van der Waals surface area (Å²) in [5.41, 5.74) is 6.28. The first-order valence-corrected chi connectivity index (χ1v) is 11.3. The van der Waals surface area contributed by atoms with E-state index in [1.54, 1.807) is 51.2 Å². The van der Waals surface area contributed by atoms with Crippen LogP contribution in [0.1, 0.15) is 50.9 Å². The summed E-state index contributed by atoms with van der Waals surface area (Å²) >= 11 is 0. The van der Waals surface area contributed by atoms with Gasteiger partial charge in [-0.2, -0.15) is 0 Å². The molecule has 186 valence electrons. The van der Waals surface area contributed by atoms with Crippen molar-refractivity contribution >= 4 is 29.6 Å². The number of carbonyl (C=O) groups is 3. The molecule has 1 heterocycles. The molecule has 1 atom stereocenters. The molecule has 0 spiro atoms. The van der Waals surface area contributed by atoms with Crippen LogP contribution in [0.25, 0.3) is 0 Å². The first kappa shape index (κ1) is 26.7. The number of hydrogen-bond acceptors (Lipinski definition) is 8. The second-order valence-corrected chi connectivity index (χ2v) is 8.68. The number of hydrogen-bond donors (Lipinski definition) is 6. The fourth-order valence-corrected chi connectivity index (χ4v) is 2.91. The van der Waals surface area contributed by atoms with Gasteiger partial charge in [0.25, 0.3) is 5.91 Å². The number of anilines is 1. The number of rotatable bonds is 10. The van der Waals surface area contributed by atoms with Crippen molar-refractivity contribution in [2.24, 2.45) is 10.7 Å². The summed E-state index contributed by atoms with van der Waals surface area (Å²) in [6.45, 7) is 8.86. The van der Waals surface area contributed by atoms with Crippen molar-refractivity contribution in [3.63, 3.8) is 0 Å². The van der Waals surface area contributed by atoms with Crippen LogP contribution in [0.5, 0.6) is 0 Å². The Morgan fingerprint density at radius 2 is 1.76 bits per heavy atom. The molecule has 0 fully saturated rings. The molecule has 3 amide bonds. The number of nitrogens with two attached hydrogens (primary N) is 1. The Bertz CT molecular complexity index is 920. The van der Waals surface area contributed by atoms with Gasteiger partial charge in [-0.15, -0.1) is 0 Å². The van der Waals surface area contributed by atoms with Gasteiger partial charge in [-0.1, -0.05) is 6.92 Å². The summed E-state index contributed by atoms with van der Waals surface area (Å²) in [6.07, 6.45) is 2.02. The smallest absolute Gasteiger partial charge is 0.407 e. The minimum atomic E-state index is -0.555. The fourth-order valence-electron chi connectivity index (χ4n) is 2.91. The number of guanidine groups is 1. The van der Waals surface area contributed by atoms with Crippen LogP contribution >= 0.6 is 0 Å². The van der Waals surface area contributed by atoms with E-state index in [0.29, 0.717) is 48.8 Å². The van der Waals surface area contributed by atoms with Crippen LogP contribution in [0.4, 0.5) is 10.5 Å². The molecule has 1 unspecified atom stereocenters. The maximum atomic E-state index is 12.7. The Hall–Kier alpha value is -3.60. The molecule has 0 saturated heterocycles. The Labute approximate surface area is 200 Å². The van der Waals surface area contributed by atoms with E-state index in [1.165, 1.54) is 0 Å². The molecule has 0 aromatic heterocycles. The van der Waals surface area contributed by atoms with Gasteiger partial charge in [-0.05, 0) is 64.4 Å². The lowest BCUT2D eigenvalue weighted by Crippen LogP contribution is -2.45. The predicted molar refractivity (Wildman–Crippen MR) is 131 cm³/mol. The number of aliphatic imine (C=N–C) groups is 1. The summed E-state index contributed by atoms with van der Waals surface area (Å²) in [5, 5.41) is 14.9. The Morgan fingerprint density at radius 1 is 1.09 bits per heavy atom. The molecule has 1 aromatic rings. The van der Waals surface area contributed by atoms with E-state index in [4.69, 9.17) is 10.5 Å². The summed E-state index contributed by atoms with van der Waals surface area (Å²) in [4.78, 5) is 40.2. The first-order chi connectivity index (χ1) is 16.1. The van der Waals surface area contributed by atoms with Gasteiger partial charge >= 0.3 is 6.09 Å². The van der Waals surface area contributed by atoms with Crippen LogP contribution in [-0.4, -0.2) is 55.3 Å². The number of nitrogens with one attached hydrogen (secondary N) is 5. The highest BCUT2D eigenvalue weighted by atomic mass is 16.6. The van der Waals surface area contributed by atoms with Crippen LogP contribution < -0.4 is 32.3 Å². The third-order valence-corrected chi connectivity index (χ3v) is 4.51. The van der Waals surface area contributed by atoms with Crippen molar-refractivity contribution in [2.75, 3.05) is 25.0 Å². The number of nitrogens with zero attached hydrogens (tertiary/aromatic N) is 1. The van der Waals surface area contributed by atoms with E-state index in [-0.39, 0.29) is 5.91 Å². The first-order valence-electron chi connectivity index (χ1n) is 11.3. The van der Waals surface area contributed by atoms with Crippen molar-refractivity contribution in [1.82, 2.24) is 21.3 Å². The van der Waals surface area contributed by atoms with E-state index in [9.17, 15) is 14.4 Å². The zero-order valence-corrected chi connectivity index (χ0v) is 20.2. The number of benzene rings is 1. The number of alkyl carbamates (subject to hydrolysis) is 1. The number of primary amides is 1. The quantitative estimate of drug-likeness (QED) is 0.280. The molecule has 1 aliphatic heterocycles. The zero-order chi connectivity index (χ0) is 25.1. The Kier molecular flexibility index (Phi) is 9.87. The number of carbonyl (C=O) groups excluding carboxylic acids is 3. The Morgan fingerprint density at radius 3 is 2.38 bits per heavy atom. The van der Waals surface area contributed by atoms with Gasteiger partial charge < -0.3 is 31.7 Å². The molecule has 7 N–H and O–H groups in total. The molecule has 0 aliphatic carbocycles. The summed E-state index contributed by atoms with van der Waals surface area (Å²) < 4.78 is 5.18. The molecule has 11 nitrogen and oxygen atoms in total. The lowest BCUT2D eigenvalue weighted by molar-refractivity contribution is -0.117. The van der Waals surface area contributed by atoms with Crippen molar-refractivity contribution in [3.05, 3.63) is 41.6 Å². The largest absolute Gasteiger partial charge is 0.444 e. The average Bonchev–Trinajstić information content (AvgIpc) is 2.76. The molecular weight excluding hydrogens is 438 g/mol. The number of amides is 3. The molecular formula is C23H35N7O4. The van der Waals surface area contributed by atoms with Crippen molar-refractivity contribution < 1.29 is 19.1 Å². The molecule has 0 bridgehead atoms. The highest BCUT2D eigenvalue weighted by Crippen LogP contribution is 2.13. The minimum Gasteiger partial charge on any atom is -0.444 e. The second-order valence-electron chi connectivity index (χ2n) is 8.68. The maximum Gasteiger partial charge on any atom is 0.407 e. The topological polar surface area (TPSA) is 159 Å². The van der Waals surface area contributed by atoms with Gasteiger partial charge in [0.05, 0.1) is 5.57 Å². The van der Waals surface area contributed by atoms with Crippen LogP contribution in [0, 0.1) is 0 Å². The molecule has 1 aromatic carbocycles. The predicted octanol–water partition coefficient (Wildman–Crippen LogP) is 1.40. The molecule has 0 saturated carbocycles. The zero-order valence-electron chi connectivity index (χ0n) is 20.2. The van der Waals surface area contributed by atoms with Gasteiger partial charge in [0.2, 0.25) is 11.9 Å². The fraction of sp³-hybridized carbons (Fsp3) is 0.478. The van der Waals surface area contributed by atoms with Gasteiger partial charge in [-0.3, -0.25) is 14.9 Å². The van der Waals surface area contributed by atoms with E-state index in [0.717, 1.165) is 6.42 Å². The van der Waals surface area contributed by atoms with E-state index in [2.05, 4.69) is 31.6 Å². The standard InChI is InChI=1S/C23H35N7O4/c1-5-11-25-19-17(20(32)26-12-6-13-27-22(33)34-23(2,3)4)14-28-21(30-19)29-16-9-7-15(8-10-16)18(24)31/h7-10,14,19,25H,5-6,11-13H2,1-4H3,(H2,24,31)(H,26,32)(H,27,33)(H2,28,29,30). The third kappa shape index (κ3) is 9.10. The van der Waals surface area contributed by atoms with E-state index < -0.39 is 23.8 Å². The average molecular weight is 474 g/mol. The molecule has 2 rings (SSSR count). The van der Waals surface area contributed by atoms with E-state index in [1.807, 2.05) is 6.92 Å². The van der Waals surface area contributed by atoms with Gasteiger partial charge in [-0.25, -0.2) is 9.79 Å². The molecule has 34 heavy (non-hydrogen) atoms.